The molecule has 0 aromatic rings. The standard InChI is InChI=1S/C12H25NO2/c1-11(3-4-12(2)10-14)9-13-5-7-15-8-6-13/h11-12,14H,3-10H2,1-2H3. The van der Waals surface area contributed by atoms with E-state index in [1.165, 1.54) is 13.0 Å². The van der Waals surface area contributed by atoms with Gasteiger partial charge in [0.2, 0.25) is 0 Å². The molecule has 3 nitrogen and oxygen atoms in total. The fourth-order valence-corrected chi connectivity index (χ4v) is 1.98. The summed E-state index contributed by atoms with van der Waals surface area (Å²) in [6.45, 7) is 9.87. The van der Waals surface area contributed by atoms with Gasteiger partial charge >= 0.3 is 0 Å². The number of ether oxygens (including phenoxy) is 1. The van der Waals surface area contributed by atoms with Gasteiger partial charge in [-0.1, -0.05) is 13.8 Å². The fraction of sp³-hybridized carbons (Fsp3) is 1.00. The summed E-state index contributed by atoms with van der Waals surface area (Å²) in [5, 5.41) is 8.94. The van der Waals surface area contributed by atoms with Gasteiger partial charge in [0.05, 0.1) is 13.2 Å². The lowest BCUT2D eigenvalue weighted by Gasteiger charge is -2.29. The lowest BCUT2D eigenvalue weighted by molar-refractivity contribution is 0.0307. The lowest BCUT2D eigenvalue weighted by atomic mass is 9.98. The molecule has 3 heteroatoms. The average Bonchev–Trinajstić information content (AvgIpc) is 2.27. The van der Waals surface area contributed by atoms with Gasteiger partial charge in [0, 0.05) is 26.2 Å². The number of hydrogen-bond donors (Lipinski definition) is 1. The summed E-state index contributed by atoms with van der Waals surface area (Å²) in [5.41, 5.74) is 0. The van der Waals surface area contributed by atoms with E-state index in [2.05, 4.69) is 18.7 Å². The van der Waals surface area contributed by atoms with Gasteiger partial charge in [-0.2, -0.15) is 0 Å². The van der Waals surface area contributed by atoms with Crippen molar-refractivity contribution in [3.05, 3.63) is 0 Å². The Kier molecular flexibility index (Phi) is 6.22. The third-order valence-electron chi connectivity index (χ3n) is 3.14. The Hall–Kier alpha value is -0.120. The Labute approximate surface area is 93.4 Å². The predicted octanol–water partition coefficient (Wildman–Crippen LogP) is 1.36. The zero-order valence-electron chi connectivity index (χ0n) is 10.1. The molecule has 0 radical (unpaired) electrons. The number of nitrogens with zero attached hydrogens (tertiary/aromatic N) is 1. The van der Waals surface area contributed by atoms with Crippen molar-refractivity contribution in [1.82, 2.24) is 4.90 Å². The SMILES string of the molecule is CC(CO)CCC(C)CN1CCOCC1. The Balaban J connectivity index is 2.08. The number of rotatable bonds is 6. The molecule has 1 N–H and O–H groups in total. The average molecular weight is 215 g/mol. The molecule has 0 amide bonds. The molecule has 1 heterocycles. The molecule has 0 aromatic carbocycles. The van der Waals surface area contributed by atoms with E-state index in [-0.39, 0.29) is 0 Å². The fourth-order valence-electron chi connectivity index (χ4n) is 1.98. The lowest BCUT2D eigenvalue weighted by Crippen LogP contribution is -2.38. The van der Waals surface area contributed by atoms with E-state index >= 15 is 0 Å². The second kappa shape index (κ2) is 7.20. The summed E-state index contributed by atoms with van der Waals surface area (Å²) >= 11 is 0. The van der Waals surface area contributed by atoms with Crippen molar-refractivity contribution in [2.45, 2.75) is 26.7 Å². The van der Waals surface area contributed by atoms with E-state index in [1.54, 1.807) is 0 Å². The highest BCUT2D eigenvalue weighted by molar-refractivity contribution is 4.66. The van der Waals surface area contributed by atoms with Gasteiger partial charge in [-0.05, 0) is 24.7 Å². The first-order valence-electron chi connectivity index (χ1n) is 6.13. The molecule has 0 saturated carbocycles. The molecule has 2 atom stereocenters. The molecule has 1 fully saturated rings. The van der Waals surface area contributed by atoms with Gasteiger partial charge in [-0.15, -0.1) is 0 Å². The highest BCUT2D eigenvalue weighted by Crippen LogP contribution is 2.13. The minimum Gasteiger partial charge on any atom is -0.396 e. The summed E-state index contributed by atoms with van der Waals surface area (Å²) in [7, 11) is 0. The van der Waals surface area contributed by atoms with Crippen LogP contribution in [0.4, 0.5) is 0 Å². The van der Waals surface area contributed by atoms with E-state index < -0.39 is 0 Å². The van der Waals surface area contributed by atoms with Crippen LogP contribution >= 0.6 is 0 Å². The summed E-state index contributed by atoms with van der Waals surface area (Å²) in [4.78, 5) is 2.48. The van der Waals surface area contributed by atoms with Crippen molar-refractivity contribution in [3.8, 4) is 0 Å². The highest BCUT2D eigenvalue weighted by atomic mass is 16.5. The molecule has 1 aliphatic heterocycles. The molecule has 0 spiro atoms. The van der Waals surface area contributed by atoms with E-state index in [0.29, 0.717) is 12.5 Å². The first kappa shape index (κ1) is 12.9. The first-order chi connectivity index (χ1) is 7.22. The summed E-state index contributed by atoms with van der Waals surface area (Å²) in [6, 6.07) is 0. The number of aliphatic hydroxyl groups is 1. The molecular weight excluding hydrogens is 190 g/mol. The minimum atomic E-state index is 0.324. The van der Waals surface area contributed by atoms with Crippen LogP contribution in [-0.4, -0.2) is 49.5 Å². The molecule has 90 valence electrons. The van der Waals surface area contributed by atoms with Crippen LogP contribution < -0.4 is 0 Å². The van der Waals surface area contributed by atoms with Crippen molar-refractivity contribution >= 4 is 0 Å². The van der Waals surface area contributed by atoms with Gasteiger partial charge in [-0.25, -0.2) is 0 Å². The van der Waals surface area contributed by atoms with Crippen LogP contribution in [0.2, 0.25) is 0 Å². The zero-order chi connectivity index (χ0) is 11.1. The molecular formula is C12H25NO2. The van der Waals surface area contributed by atoms with Crippen molar-refractivity contribution in [3.63, 3.8) is 0 Å². The van der Waals surface area contributed by atoms with E-state index in [0.717, 1.165) is 38.6 Å². The van der Waals surface area contributed by atoms with E-state index in [1.807, 2.05) is 0 Å². The summed E-state index contributed by atoms with van der Waals surface area (Å²) in [6.07, 6.45) is 2.36. The zero-order valence-corrected chi connectivity index (χ0v) is 10.1. The molecule has 0 aliphatic carbocycles. The van der Waals surface area contributed by atoms with Crippen molar-refractivity contribution in [2.75, 3.05) is 39.5 Å². The smallest absolute Gasteiger partial charge is 0.0594 e. The third kappa shape index (κ3) is 5.50. The molecule has 1 saturated heterocycles. The first-order valence-corrected chi connectivity index (χ1v) is 6.13. The monoisotopic (exact) mass is 215 g/mol. The quantitative estimate of drug-likeness (QED) is 0.726. The van der Waals surface area contributed by atoms with Crippen LogP contribution in [0.3, 0.4) is 0 Å². The normalized spacial score (nSPS) is 22.6. The molecule has 2 unspecified atom stereocenters. The van der Waals surface area contributed by atoms with E-state index in [9.17, 15) is 0 Å². The van der Waals surface area contributed by atoms with Crippen LogP contribution in [0, 0.1) is 11.8 Å². The third-order valence-corrected chi connectivity index (χ3v) is 3.14. The highest BCUT2D eigenvalue weighted by Gasteiger charge is 2.14. The maximum Gasteiger partial charge on any atom is 0.0594 e. The molecule has 0 bridgehead atoms. The van der Waals surface area contributed by atoms with Gasteiger partial charge < -0.3 is 9.84 Å². The van der Waals surface area contributed by atoms with Crippen LogP contribution in [0.25, 0.3) is 0 Å². The Morgan fingerprint density at radius 1 is 1.13 bits per heavy atom. The Bertz CT molecular complexity index is 158. The van der Waals surface area contributed by atoms with Crippen LogP contribution in [0.1, 0.15) is 26.7 Å². The molecule has 0 aromatic heterocycles. The van der Waals surface area contributed by atoms with Crippen molar-refractivity contribution < 1.29 is 9.84 Å². The van der Waals surface area contributed by atoms with Gasteiger partial charge in [0.1, 0.15) is 0 Å². The van der Waals surface area contributed by atoms with Crippen LogP contribution in [-0.2, 0) is 4.74 Å². The summed E-state index contributed by atoms with van der Waals surface area (Å²) < 4.78 is 5.32. The predicted molar refractivity (Wildman–Crippen MR) is 61.9 cm³/mol. The van der Waals surface area contributed by atoms with Gasteiger partial charge in [-0.3, -0.25) is 4.90 Å². The number of morpholine rings is 1. The Morgan fingerprint density at radius 3 is 2.33 bits per heavy atom. The second-order valence-corrected chi connectivity index (χ2v) is 4.88. The number of aliphatic hydroxyl groups excluding tert-OH is 1. The number of hydrogen-bond acceptors (Lipinski definition) is 3. The van der Waals surface area contributed by atoms with Crippen LogP contribution in [0.5, 0.6) is 0 Å². The van der Waals surface area contributed by atoms with Crippen molar-refractivity contribution in [2.24, 2.45) is 11.8 Å². The van der Waals surface area contributed by atoms with Crippen molar-refractivity contribution in [1.29, 1.82) is 0 Å². The van der Waals surface area contributed by atoms with Gasteiger partial charge in [0.15, 0.2) is 0 Å². The Morgan fingerprint density at radius 2 is 1.73 bits per heavy atom. The maximum absolute atomic E-state index is 8.94. The topological polar surface area (TPSA) is 32.7 Å². The summed E-state index contributed by atoms with van der Waals surface area (Å²) in [5.74, 6) is 1.19. The molecule has 1 rings (SSSR count). The molecule has 1 aliphatic rings. The maximum atomic E-state index is 8.94. The second-order valence-electron chi connectivity index (χ2n) is 4.88. The van der Waals surface area contributed by atoms with Gasteiger partial charge in [0.25, 0.3) is 0 Å². The minimum absolute atomic E-state index is 0.324. The molecule has 15 heavy (non-hydrogen) atoms. The van der Waals surface area contributed by atoms with Crippen LogP contribution in [0.15, 0.2) is 0 Å². The van der Waals surface area contributed by atoms with E-state index in [4.69, 9.17) is 9.84 Å². The largest absolute Gasteiger partial charge is 0.396 e.